The van der Waals surface area contributed by atoms with E-state index in [0.29, 0.717) is 37.4 Å². The molecule has 0 radical (unpaired) electrons. The molecule has 0 saturated carbocycles. The summed E-state index contributed by atoms with van der Waals surface area (Å²) in [5, 5.41) is 2.73. The number of aryl methyl sites for hydroxylation is 1. The highest BCUT2D eigenvalue weighted by Crippen LogP contribution is 2.23. The molecule has 3 N–H and O–H groups in total. The third-order valence-electron chi connectivity index (χ3n) is 5.70. The summed E-state index contributed by atoms with van der Waals surface area (Å²) in [6.07, 6.45) is 1.63. The van der Waals surface area contributed by atoms with Crippen LogP contribution in [0.4, 0.5) is 10.5 Å². The first kappa shape index (κ1) is 22.7. The largest absolute Gasteiger partial charge is 0.336 e. The Morgan fingerprint density at radius 1 is 0.939 bits per heavy atom. The van der Waals surface area contributed by atoms with E-state index in [1.165, 1.54) is 28.6 Å². The number of benzene rings is 2. The van der Waals surface area contributed by atoms with Crippen LogP contribution < -0.4 is 21.1 Å². The Hall–Kier alpha value is -3.44. The SMILES string of the molecule is Cc1cc(C(=O)NNC(=O)c2cccc(S(=O)(=O)N3CCCC3)c2)ccc1N1CCNC1=O. The fourth-order valence-corrected chi connectivity index (χ4v) is 5.50. The van der Waals surface area contributed by atoms with E-state index in [1.54, 1.807) is 30.0 Å². The van der Waals surface area contributed by atoms with E-state index in [9.17, 15) is 22.8 Å². The van der Waals surface area contributed by atoms with Crippen LogP contribution in [0, 0.1) is 6.92 Å². The van der Waals surface area contributed by atoms with E-state index in [2.05, 4.69) is 16.2 Å². The molecule has 2 heterocycles. The summed E-state index contributed by atoms with van der Waals surface area (Å²) in [6.45, 7) is 3.84. The smallest absolute Gasteiger partial charge is 0.322 e. The first-order chi connectivity index (χ1) is 15.8. The van der Waals surface area contributed by atoms with Crippen LogP contribution in [0.5, 0.6) is 0 Å². The van der Waals surface area contributed by atoms with Crippen LogP contribution in [0.3, 0.4) is 0 Å². The maximum atomic E-state index is 12.7. The van der Waals surface area contributed by atoms with Gasteiger partial charge in [0.05, 0.1) is 4.90 Å². The third-order valence-corrected chi connectivity index (χ3v) is 7.59. The van der Waals surface area contributed by atoms with Crippen LogP contribution >= 0.6 is 0 Å². The van der Waals surface area contributed by atoms with E-state index in [4.69, 9.17) is 0 Å². The minimum atomic E-state index is -3.66. The molecule has 4 amide bonds. The first-order valence-corrected chi connectivity index (χ1v) is 12.1. The summed E-state index contributed by atoms with van der Waals surface area (Å²) in [6, 6.07) is 10.4. The van der Waals surface area contributed by atoms with Crippen molar-refractivity contribution in [3.63, 3.8) is 0 Å². The number of urea groups is 1. The number of nitrogens with zero attached hydrogens (tertiary/aromatic N) is 2. The van der Waals surface area contributed by atoms with Gasteiger partial charge in [-0.2, -0.15) is 4.31 Å². The zero-order valence-corrected chi connectivity index (χ0v) is 18.9. The van der Waals surface area contributed by atoms with Crippen molar-refractivity contribution in [2.75, 3.05) is 31.1 Å². The molecule has 0 aromatic heterocycles. The molecule has 2 fully saturated rings. The minimum Gasteiger partial charge on any atom is -0.336 e. The highest BCUT2D eigenvalue weighted by Gasteiger charge is 2.28. The number of carbonyl (C=O) groups is 3. The summed E-state index contributed by atoms with van der Waals surface area (Å²) >= 11 is 0. The molecule has 0 aliphatic carbocycles. The zero-order valence-electron chi connectivity index (χ0n) is 18.1. The van der Waals surface area contributed by atoms with Crippen LogP contribution in [-0.4, -0.2) is 56.7 Å². The molecular formula is C22H25N5O5S. The van der Waals surface area contributed by atoms with Gasteiger partial charge in [-0.05, 0) is 61.7 Å². The van der Waals surface area contributed by atoms with Crippen molar-refractivity contribution >= 4 is 33.6 Å². The highest BCUT2D eigenvalue weighted by molar-refractivity contribution is 7.89. The van der Waals surface area contributed by atoms with Crippen molar-refractivity contribution < 1.29 is 22.8 Å². The predicted molar refractivity (Wildman–Crippen MR) is 121 cm³/mol. The molecule has 0 bridgehead atoms. The van der Waals surface area contributed by atoms with Gasteiger partial charge in [0, 0.05) is 43.0 Å². The number of amides is 4. The van der Waals surface area contributed by atoms with Crippen LogP contribution in [0.1, 0.15) is 39.1 Å². The second-order valence-electron chi connectivity index (χ2n) is 7.93. The molecule has 174 valence electrons. The van der Waals surface area contributed by atoms with Gasteiger partial charge in [-0.25, -0.2) is 13.2 Å². The lowest BCUT2D eigenvalue weighted by molar-refractivity contribution is 0.0846. The Morgan fingerprint density at radius 2 is 1.61 bits per heavy atom. The summed E-state index contributed by atoms with van der Waals surface area (Å²) in [5.74, 6) is -1.17. The molecule has 4 rings (SSSR count). The molecule has 11 heteroatoms. The van der Waals surface area contributed by atoms with E-state index < -0.39 is 21.8 Å². The first-order valence-electron chi connectivity index (χ1n) is 10.6. The van der Waals surface area contributed by atoms with Crippen molar-refractivity contribution in [2.24, 2.45) is 0 Å². The average Bonchev–Trinajstić information content (AvgIpc) is 3.50. The second-order valence-corrected chi connectivity index (χ2v) is 9.87. The summed E-state index contributed by atoms with van der Waals surface area (Å²) in [5.41, 5.74) is 6.54. The number of carbonyl (C=O) groups excluding carboxylic acids is 3. The predicted octanol–water partition coefficient (Wildman–Crippen LogP) is 1.38. The van der Waals surface area contributed by atoms with E-state index in [0.717, 1.165) is 18.4 Å². The lowest BCUT2D eigenvalue weighted by Gasteiger charge is -2.18. The van der Waals surface area contributed by atoms with Gasteiger partial charge >= 0.3 is 6.03 Å². The lowest BCUT2D eigenvalue weighted by atomic mass is 10.1. The van der Waals surface area contributed by atoms with Gasteiger partial charge < -0.3 is 5.32 Å². The topological polar surface area (TPSA) is 128 Å². The van der Waals surface area contributed by atoms with Crippen molar-refractivity contribution in [3.05, 3.63) is 59.2 Å². The number of nitrogens with one attached hydrogen (secondary N) is 3. The lowest BCUT2D eigenvalue weighted by Crippen LogP contribution is -2.41. The van der Waals surface area contributed by atoms with Crippen molar-refractivity contribution in [3.8, 4) is 0 Å². The van der Waals surface area contributed by atoms with E-state index in [1.807, 2.05) is 0 Å². The molecule has 33 heavy (non-hydrogen) atoms. The average molecular weight is 472 g/mol. The maximum absolute atomic E-state index is 12.7. The number of anilines is 1. The molecule has 2 saturated heterocycles. The molecule has 2 aliphatic rings. The van der Waals surface area contributed by atoms with Crippen LogP contribution in [0.15, 0.2) is 47.4 Å². The third kappa shape index (κ3) is 4.69. The Bertz CT molecular complexity index is 1210. The van der Waals surface area contributed by atoms with Gasteiger partial charge in [-0.3, -0.25) is 25.3 Å². The number of rotatable bonds is 5. The van der Waals surface area contributed by atoms with Crippen molar-refractivity contribution in [2.45, 2.75) is 24.7 Å². The van der Waals surface area contributed by atoms with Gasteiger partial charge in [0.25, 0.3) is 11.8 Å². The number of hydrazine groups is 1. The molecule has 0 spiro atoms. The van der Waals surface area contributed by atoms with Gasteiger partial charge in [0.1, 0.15) is 0 Å². The Morgan fingerprint density at radius 3 is 2.21 bits per heavy atom. The Labute approximate surface area is 192 Å². The van der Waals surface area contributed by atoms with Crippen LogP contribution in [0.25, 0.3) is 0 Å². The zero-order chi connectivity index (χ0) is 23.6. The normalized spacial score (nSPS) is 16.5. The summed E-state index contributed by atoms with van der Waals surface area (Å²) in [4.78, 5) is 38.5. The molecular weight excluding hydrogens is 446 g/mol. The fraction of sp³-hybridized carbons (Fsp3) is 0.318. The summed E-state index contributed by atoms with van der Waals surface area (Å²) < 4.78 is 26.9. The minimum absolute atomic E-state index is 0.0422. The number of hydrogen-bond donors (Lipinski definition) is 3. The van der Waals surface area contributed by atoms with Crippen LogP contribution in [0.2, 0.25) is 0 Å². The molecule has 10 nitrogen and oxygen atoms in total. The quantitative estimate of drug-likeness (QED) is 0.568. The standard InChI is InChI=1S/C22H25N5O5S/c1-15-13-17(7-8-19(15)27-12-9-23-22(27)30)21(29)25-24-20(28)16-5-4-6-18(14-16)33(31,32)26-10-2-3-11-26/h4-8,13-14H,2-3,9-12H2,1H3,(H,23,30)(H,24,28)(H,25,29). The van der Waals surface area contributed by atoms with Gasteiger partial charge in [0.15, 0.2) is 0 Å². The number of sulfonamides is 1. The van der Waals surface area contributed by atoms with Crippen LogP contribution in [-0.2, 0) is 10.0 Å². The fourth-order valence-electron chi connectivity index (χ4n) is 3.93. The van der Waals surface area contributed by atoms with Gasteiger partial charge in [-0.1, -0.05) is 6.07 Å². The molecule has 2 aromatic rings. The molecule has 0 unspecified atom stereocenters. The molecule has 2 aliphatic heterocycles. The van der Waals surface area contributed by atoms with Gasteiger partial charge in [-0.15, -0.1) is 0 Å². The summed E-state index contributed by atoms with van der Waals surface area (Å²) in [7, 11) is -3.66. The second kappa shape index (κ2) is 9.20. The van der Waals surface area contributed by atoms with Crippen molar-refractivity contribution in [1.82, 2.24) is 20.5 Å². The van der Waals surface area contributed by atoms with E-state index in [-0.39, 0.29) is 16.5 Å². The van der Waals surface area contributed by atoms with Crippen molar-refractivity contribution in [1.29, 1.82) is 0 Å². The van der Waals surface area contributed by atoms with E-state index >= 15 is 0 Å². The number of hydrogen-bond acceptors (Lipinski definition) is 5. The Kier molecular flexibility index (Phi) is 6.34. The molecule has 0 atom stereocenters. The maximum Gasteiger partial charge on any atom is 0.322 e. The monoisotopic (exact) mass is 471 g/mol. The Balaban J connectivity index is 1.41. The highest BCUT2D eigenvalue weighted by atomic mass is 32.2. The molecule has 2 aromatic carbocycles. The van der Waals surface area contributed by atoms with Gasteiger partial charge in [0.2, 0.25) is 10.0 Å².